The molecule has 3 N–H and O–H groups in total. The van der Waals surface area contributed by atoms with Crippen molar-refractivity contribution in [3.8, 4) is 0 Å². The highest BCUT2D eigenvalue weighted by Gasteiger charge is 2.18. The summed E-state index contributed by atoms with van der Waals surface area (Å²) in [4.78, 5) is 38.0. The number of rotatable bonds is 4. The molecule has 0 amide bonds. The summed E-state index contributed by atoms with van der Waals surface area (Å²) < 4.78 is 1.02. The number of nitrogens with two attached hydrogens (primary N) is 1. The number of nitrogen functional groups attached to an aromatic ring is 1. The normalized spacial score (nSPS) is 10.6. The van der Waals surface area contributed by atoms with Crippen molar-refractivity contribution in [2.45, 2.75) is 4.90 Å². The van der Waals surface area contributed by atoms with Gasteiger partial charge in [-0.2, -0.15) is 0 Å². The van der Waals surface area contributed by atoms with Crippen LogP contribution < -0.4 is 17.0 Å². The van der Waals surface area contributed by atoms with Crippen molar-refractivity contribution >= 4 is 35.0 Å². The molecule has 0 unspecified atom stereocenters. The molecular formula is C13H12ClN3O3S. The van der Waals surface area contributed by atoms with Gasteiger partial charge in [-0.05, 0) is 12.1 Å². The van der Waals surface area contributed by atoms with Crippen LogP contribution >= 0.6 is 23.4 Å². The number of nitrogens with zero attached hydrogens (tertiary/aromatic N) is 1. The molecule has 0 atom stereocenters. The predicted octanol–water partition coefficient (Wildman–Crippen LogP) is 1.28. The topological polar surface area (TPSA) is 97.9 Å². The first-order chi connectivity index (χ1) is 9.91. The smallest absolute Gasteiger partial charge is 0.329 e. The number of anilines is 1. The van der Waals surface area contributed by atoms with Gasteiger partial charge < -0.3 is 5.73 Å². The van der Waals surface area contributed by atoms with Gasteiger partial charge in [0.25, 0.3) is 5.56 Å². The van der Waals surface area contributed by atoms with E-state index in [0.717, 1.165) is 9.46 Å². The molecule has 0 bridgehead atoms. The van der Waals surface area contributed by atoms with E-state index in [4.69, 9.17) is 17.3 Å². The molecule has 2 rings (SSSR count). The molecule has 0 saturated heterocycles. The number of carbonyl (C=O) groups excluding carboxylic acids is 1. The summed E-state index contributed by atoms with van der Waals surface area (Å²) in [5.41, 5.74) is 4.02. The molecule has 0 radical (unpaired) electrons. The van der Waals surface area contributed by atoms with E-state index in [9.17, 15) is 14.4 Å². The van der Waals surface area contributed by atoms with Crippen LogP contribution in [0, 0.1) is 0 Å². The van der Waals surface area contributed by atoms with E-state index < -0.39 is 17.0 Å². The molecule has 2 aromatic rings. The lowest BCUT2D eigenvalue weighted by atomic mass is 10.2. The molecule has 0 aliphatic carbocycles. The Labute approximate surface area is 128 Å². The monoisotopic (exact) mass is 325 g/mol. The second kappa shape index (κ2) is 6.19. The van der Waals surface area contributed by atoms with Gasteiger partial charge in [-0.25, -0.2) is 4.79 Å². The lowest BCUT2D eigenvalue weighted by molar-refractivity contribution is 0.102. The van der Waals surface area contributed by atoms with Crippen LogP contribution in [0.5, 0.6) is 0 Å². The van der Waals surface area contributed by atoms with Crippen molar-refractivity contribution in [1.29, 1.82) is 0 Å². The largest absolute Gasteiger partial charge is 0.384 e. The Hall–Kier alpha value is -1.99. The zero-order valence-corrected chi connectivity index (χ0v) is 12.6. The van der Waals surface area contributed by atoms with Crippen LogP contribution in [0.15, 0.2) is 38.8 Å². The van der Waals surface area contributed by atoms with Crippen LogP contribution in [-0.4, -0.2) is 21.1 Å². The average Bonchev–Trinajstić information content (AvgIpc) is 2.44. The third kappa shape index (κ3) is 3.20. The standard InChI is InChI=1S/C13H12ClN3O3S/c1-17-11(15)10(12(19)16-13(17)20)8(18)6-21-9-5-3-2-4-7(9)14/h2-5H,6,15H2,1H3,(H,16,19,20). The fraction of sp³-hybridized carbons (Fsp3) is 0.154. The highest BCUT2D eigenvalue weighted by Crippen LogP contribution is 2.27. The number of hydrogen-bond acceptors (Lipinski definition) is 5. The number of halogens is 1. The van der Waals surface area contributed by atoms with E-state index >= 15 is 0 Å². The lowest BCUT2D eigenvalue weighted by Gasteiger charge is -2.08. The van der Waals surface area contributed by atoms with E-state index in [1.165, 1.54) is 18.8 Å². The van der Waals surface area contributed by atoms with Gasteiger partial charge in [0.2, 0.25) is 0 Å². The first-order valence-corrected chi connectivity index (χ1v) is 7.27. The third-order valence-electron chi connectivity index (χ3n) is 2.84. The summed E-state index contributed by atoms with van der Waals surface area (Å²) in [5.74, 6) is -0.613. The first kappa shape index (κ1) is 15.4. The van der Waals surface area contributed by atoms with Gasteiger partial charge in [0.1, 0.15) is 11.4 Å². The highest BCUT2D eigenvalue weighted by molar-refractivity contribution is 8.00. The molecule has 0 saturated carbocycles. The molecular weight excluding hydrogens is 314 g/mol. The average molecular weight is 326 g/mol. The highest BCUT2D eigenvalue weighted by atomic mass is 35.5. The van der Waals surface area contributed by atoms with Crippen LogP contribution in [0.4, 0.5) is 5.82 Å². The minimum absolute atomic E-state index is 0.00474. The molecule has 0 fully saturated rings. The summed E-state index contributed by atoms with van der Waals surface area (Å²) in [7, 11) is 1.38. The maximum Gasteiger partial charge on any atom is 0.329 e. The van der Waals surface area contributed by atoms with Gasteiger partial charge in [-0.1, -0.05) is 23.7 Å². The number of aromatic nitrogens is 2. The van der Waals surface area contributed by atoms with Crippen LogP contribution in [-0.2, 0) is 7.05 Å². The summed E-state index contributed by atoms with van der Waals surface area (Å²) in [6.07, 6.45) is 0. The van der Waals surface area contributed by atoms with Crippen molar-refractivity contribution in [3.63, 3.8) is 0 Å². The van der Waals surface area contributed by atoms with Gasteiger partial charge in [-0.15, -0.1) is 11.8 Å². The van der Waals surface area contributed by atoms with E-state index in [2.05, 4.69) is 4.98 Å². The van der Waals surface area contributed by atoms with Gasteiger partial charge in [-0.3, -0.25) is 19.1 Å². The van der Waals surface area contributed by atoms with Crippen LogP contribution in [0.3, 0.4) is 0 Å². The van der Waals surface area contributed by atoms with Crippen molar-refractivity contribution in [3.05, 3.63) is 55.7 Å². The number of hydrogen-bond donors (Lipinski definition) is 2. The number of thioether (sulfide) groups is 1. The lowest BCUT2D eigenvalue weighted by Crippen LogP contribution is -2.35. The molecule has 0 aliphatic heterocycles. The summed E-state index contributed by atoms with van der Waals surface area (Å²) >= 11 is 7.19. The zero-order valence-electron chi connectivity index (χ0n) is 11.1. The fourth-order valence-corrected chi connectivity index (χ4v) is 2.79. The van der Waals surface area contributed by atoms with Crippen LogP contribution in [0.2, 0.25) is 5.02 Å². The molecule has 1 aromatic heterocycles. The minimum Gasteiger partial charge on any atom is -0.384 e. The number of H-pyrrole nitrogens is 1. The third-order valence-corrected chi connectivity index (χ3v) is 4.36. The molecule has 0 spiro atoms. The van der Waals surface area contributed by atoms with E-state index in [-0.39, 0.29) is 17.1 Å². The van der Waals surface area contributed by atoms with Gasteiger partial charge in [0, 0.05) is 11.9 Å². The second-order valence-electron chi connectivity index (χ2n) is 4.22. The molecule has 21 heavy (non-hydrogen) atoms. The van der Waals surface area contributed by atoms with Crippen molar-refractivity contribution < 1.29 is 4.79 Å². The summed E-state index contributed by atoms with van der Waals surface area (Å²) in [5, 5.41) is 0.526. The van der Waals surface area contributed by atoms with Gasteiger partial charge in [0.05, 0.1) is 10.8 Å². The number of benzene rings is 1. The Morgan fingerprint density at radius 2 is 2.05 bits per heavy atom. The molecule has 110 valence electrons. The van der Waals surface area contributed by atoms with Crippen LogP contribution in [0.1, 0.15) is 10.4 Å². The number of ketones is 1. The molecule has 1 aromatic carbocycles. The second-order valence-corrected chi connectivity index (χ2v) is 5.65. The molecule has 1 heterocycles. The zero-order chi connectivity index (χ0) is 15.6. The Balaban J connectivity index is 2.26. The van der Waals surface area contributed by atoms with Crippen molar-refractivity contribution in [2.75, 3.05) is 11.5 Å². The SMILES string of the molecule is Cn1c(N)c(C(=O)CSc2ccccc2Cl)c(=O)[nH]c1=O. The maximum atomic E-state index is 12.2. The summed E-state index contributed by atoms with van der Waals surface area (Å²) in [6.45, 7) is 0. The van der Waals surface area contributed by atoms with Crippen molar-refractivity contribution in [1.82, 2.24) is 9.55 Å². The van der Waals surface area contributed by atoms with E-state index in [0.29, 0.717) is 5.02 Å². The number of Topliss-reactive ketones (excluding diaryl/α,β-unsaturated/α-hetero) is 1. The number of nitrogens with one attached hydrogen (secondary N) is 1. The molecule has 0 aliphatic rings. The van der Waals surface area contributed by atoms with E-state index in [1.54, 1.807) is 24.3 Å². The van der Waals surface area contributed by atoms with Gasteiger partial charge in [0.15, 0.2) is 5.78 Å². The predicted molar refractivity (Wildman–Crippen MR) is 83.2 cm³/mol. The summed E-state index contributed by atoms with van der Waals surface area (Å²) in [6, 6.07) is 7.06. The quantitative estimate of drug-likeness (QED) is 0.652. The minimum atomic E-state index is -0.777. The van der Waals surface area contributed by atoms with Crippen molar-refractivity contribution in [2.24, 2.45) is 7.05 Å². The van der Waals surface area contributed by atoms with E-state index in [1.807, 2.05) is 0 Å². The fourth-order valence-electron chi connectivity index (χ4n) is 1.68. The Bertz CT molecular complexity index is 813. The number of aromatic amines is 1. The Morgan fingerprint density at radius 3 is 2.71 bits per heavy atom. The van der Waals surface area contributed by atoms with Gasteiger partial charge >= 0.3 is 5.69 Å². The maximum absolute atomic E-state index is 12.2. The number of carbonyl (C=O) groups is 1. The molecule has 6 nitrogen and oxygen atoms in total. The first-order valence-electron chi connectivity index (χ1n) is 5.91. The Kier molecular flexibility index (Phi) is 4.54. The van der Waals surface area contributed by atoms with Crippen LogP contribution in [0.25, 0.3) is 0 Å². The molecule has 8 heteroatoms. The Morgan fingerprint density at radius 1 is 1.38 bits per heavy atom.